The number of aryl methyl sites for hydroxylation is 1. The van der Waals surface area contributed by atoms with Gasteiger partial charge in [-0.05, 0) is 50.6 Å². The van der Waals surface area contributed by atoms with Crippen molar-refractivity contribution in [1.82, 2.24) is 14.9 Å². The molecule has 4 nitrogen and oxygen atoms in total. The van der Waals surface area contributed by atoms with Crippen LogP contribution < -0.4 is 5.32 Å². The van der Waals surface area contributed by atoms with Gasteiger partial charge in [0.15, 0.2) is 5.82 Å². The molecule has 0 atom stereocenters. The molecule has 126 valence electrons. The Morgan fingerprint density at radius 2 is 1.96 bits per heavy atom. The van der Waals surface area contributed by atoms with Crippen molar-refractivity contribution in [3.05, 3.63) is 59.8 Å². The Morgan fingerprint density at radius 1 is 1.25 bits per heavy atom. The first-order valence-corrected chi connectivity index (χ1v) is 8.38. The molecule has 0 bridgehead atoms. The molecule has 1 fully saturated rings. The number of nitrogens with zero attached hydrogens (tertiary/aromatic N) is 3. The summed E-state index contributed by atoms with van der Waals surface area (Å²) in [5.41, 5.74) is 3.15. The summed E-state index contributed by atoms with van der Waals surface area (Å²) in [5, 5.41) is 3.38. The zero-order valence-electron chi connectivity index (χ0n) is 14.1. The number of hydrogen-bond acceptors (Lipinski definition) is 4. The quantitative estimate of drug-likeness (QED) is 0.882. The van der Waals surface area contributed by atoms with Gasteiger partial charge >= 0.3 is 0 Å². The average molecular weight is 326 g/mol. The van der Waals surface area contributed by atoms with Crippen molar-refractivity contribution >= 4 is 11.4 Å². The fraction of sp³-hybridized carbons (Fsp3) is 0.368. The van der Waals surface area contributed by atoms with Crippen molar-refractivity contribution in [2.24, 2.45) is 0 Å². The number of rotatable bonds is 6. The van der Waals surface area contributed by atoms with Crippen LogP contribution in [0.5, 0.6) is 0 Å². The normalized spacial score (nSPS) is 14.8. The fourth-order valence-electron chi connectivity index (χ4n) is 2.94. The van der Waals surface area contributed by atoms with Gasteiger partial charge in [-0.15, -0.1) is 0 Å². The van der Waals surface area contributed by atoms with Crippen LogP contribution in [0.2, 0.25) is 0 Å². The SMILES string of the molecule is C=C(c1ccc(F)cc1)c1nc(C)cnc1NCCN1CCCC1. The summed E-state index contributed by atoms with van der Waals surface area (Å²) in [6.07, 6.45) is 4.33. The predicted molar refractivity (Wildman–Crippen MR) is 95.5 cm³/mol. The van der Waals surface area contributed by atoms with E-state index in [1.807, 2.05) is 6.92 Å². The van der Waals surface area contributed by atoms with Crippen LogP contribution in [0.3, 0.4) is 0 Å². The maximum absolute atomic E-state index is 13.1. The molecule has 2 heterocycles. The summed E-state index contributed by atoms with van der Waals surface area (Å²) in [6.45, 7) is 10.2. The maximum atomic E-state index is 13.1. The third-order valence-electron chi connectivity index (χ3n) is 4.29. The molecular weight excluding hydrogens is 303 g/mol. The predicted octanol–water partition coefficient (Wildman–Crippen LogP) is 3.49. The van der Waals surface area contributed by atoms with Crippen molar-refractivity contribution in [1.29, 1.82) is 0 Å². The van der Waals surface area contributed by atoms with E-state index in [1.165, 1.54) is 38.1 Å². The van der Waals surface area contributed by atoms with Gasteiger partial charge < -0.3 is 10.2 Å². The standard InChI is InChI=1S/C19H23FN4/c1-14-13-22-19(21-9-12-24-10-3-4-11-24)18(23-14)15(2)16-5-7-17(20)8-6-16/h5-8,13H,2-4,9-12H2,1H3,(H,21,22). The van der Waals surface area contributed by atoms with E-state index in [2.05, 4.69) is 26.8 Å². The molecule has 5 heteroatoms. The third-order valence-corrected chi connectivity index (χ3v) is 4.29. The van der Waals surface area contributed by atoms with Gasteiger partial charge in [0.2, 0.25) is 0 Å². The number of hydrogen-bond donors (Lipinski definition) is 1. The Morgan fingerprint density at radius 3 is 2.67 bits per heavy atom. The highest BCUT2D eigenvalue weighted by Gasteiger charge is 2.14. The highest BCUT2D eigenvalue weighted by Crippen LogP contribution is 2.25. The summed E-state index contributed by atoms with van der Waals surface area (Å²) in [7, 11) is 0. The van der Waals surface area contributed by atoms with Gasteiger partial charge in [0.25, 0.3) is 0 Å². The minimum atomic E-state index is -0.258. The lowest BCUT2D eigenvalue weighted by Gasteiger charge is -2.17. The molecule has 24 heavy (non-hydrogen) atoms. The Bertz CT molecular complexity index is 706. The largest absolute Gasteiger partial charge is 0.367 e. The summed E-state index contributed by atoms with van der Waals surface area (Å²) in [4.78, 5) is 11.5. The molecule has 1 aliphatic heterocycles. The van der Waals surface area contributed by atoms with Gasteiger partial charge in [0.1, 0.15) is 11.5 Å². The van der Waals surface area contributed by atoms with Crippen LogP contribution in [0.25, 0.3) is 5.57 Å². The van der Waals surface area contributed by atoms with Gasteiger partial charge in [0.05, 0.1) is 11.9 Å². The number of halogens is 1. The van der Waals surface area contributed by atoms with Crippen LogP contribution in [0.1, 0.15) is 29.8 Å². The van der Waals surface area contributed by atoms with Crippen LogP contribution in [0, 0.1) is 12.7 Å². The molecule has 0 saturated carbocycles. The molecule has 1 aliphatic rings. The number of likely N-dealkylation sites (tertiary alicyclic amines) is 1. The maximum Gasteiger partial charge on any atom is 0.152 e. The van der Waals surface area contributed by atoms with Crippen molar-refractivity contribution in [2.75, 3.05) is 31.5 Å². The molecule has 0 amide bonds. The van der Waals surface area contributed by atoms with E-state index in [0.29, 0.717) is 0 Å². The first-order valence-electron chi connectivity index (χ1n) is 8.38. The average Bonchev–Trinajstić information content (AvgIpc) is 3.09. The molecule has 1 aromatic carbocycles. The molecule has 3 rings (SSSR count). The lowest BCUT2D eigenvalue weighted by atomic mass is 10.0. The summed E-state index contributed by atoms with van der Waals surface area (Å²) < 4.78 is 13.1. The van der Waals surface area contributed by atoms with Gasteiger partial charge in [-0.3, -0.25) is 0 Å². The number of benzene rings is 1. The second kappa shape index (κ2) is 7.53. The monoisotopic (exact) mass is 326 g/mol. The van der Waals surface area contributed by atoms with Crippen LogP contribution >= 0.6 is 0 Å². The molecule has 0 radical (unpaired) electrons. The minimum absolute atomic E-state index is 0.258. The lowest BCUT2D eigenvalue weighted by molar-refractivity contribution is 0.352. The van der Waals surface area contributed by atoms with E-state index in [9.17, 15) is 4.39 Å². The molecule has 0 spiro atoms. The van der Waals surface area contributed by atoms with E-state index in [1.54, 1.807) is 18.3 Å². The molecule has 1 N–H and O–H groups in total. The van der Waals surface area contributed by atoms with Crippen molar-refractivity contribution in [3.8, 4) is 0 Å². The Labute approximate surface area is 142 Å². The first kappa shape index (κ1) is 16.6. The van der Waals surface area contributed by atoms with Crippen molar-refractivity contribution in [2.45, 2.75) is 19.8 Å². The van der Waals surface area contributed by atoms with Gasteiger partial charge in [-0.1, -0.05) is 18.7 Å². The lowest BCUT2D eigenvalue weighted by Crippen LogP contribution is -2.26. The summed E-state index contributed by atoms with van der Waals surface area (Å²) in [6, 6.07) is 6.31. The Balaban J connectivity index is 1.74. The molecule has 0 aliphatic carbocycles. The zero-order valence-corrected chi connectivity index (χ0v) is 14.1. The highest BCUT2D eigenvalue weighted by atomic mass is 19.1. The van der Waals surface area contributed by atoms with E-state index in [4.69, 9.17) is 0 Å². The Kier molecular flexibility index (Phi) is 5.20. The van der Waals surface area contributed by atoms with Crippen LogP contribution in [0.15, 0.2) is 37.0 Å². The minimum Gasteiger partial charge on any atom is -0.367 e. The smallest absolute Gasteiger partial charge is 0.152 e. The second-order valence-electron chi connectivity index (χ2n) is 6.17. The van der Waals surface area contributed by atoms with Gasteiger partial charge in [-0.2, -0.15) is 0 Å². The zero-order chi connectivity index (χ0) is 16.9. The molecule has 1 saturated heterocycles. The first-order chi connectivity index (χ1) is 11.6. The molecule has 2 aromatic rings. The van der Waals surface area contributed by atoms with Crippen LogP contribution in [-0.2, 0) is 0 Å². The van der Waals surface area contributed by atoms with E-state index >= 15 is 0 Å². The molecule has 1 aromatic heterocycles. The van der Waals surface area contributed by atoms with Gasteiger partial charge in [0, 0.05) is 18.7 Å². The number of anilines is 1. The van der Waals surface area contributed by atoms with E-state index in [-0.39, 0.29) is 5.82 Å². The topological polar surface area (TPSA) is 41.1 Å². The Hall–Kier alpha value is -2.27. The van der Waals surface area contributed by atoms with E-state index < -0.39 is 0 Å². The molecule has 0 unspecified atom stereocenters. The molecular formula is C19H23FN4. The van der Waals surface area contributed by atoms with Gasteiger partial charge in [-0.25, -0.2) is 14.4 Å². The summed E-state index contributed by atoms with van der Waals surface area (Å²) >= 11 is 0. The van der Waals surface area contributed by atoms with Crippen molar-refractivity contribution < 1.29 is 4.39 Å². The number of nitrogens with one attached hydrogen (secondary N) is 1. The van der Waals surface area contributed by atoms with Crippen LogP contribution in [-0.4, -0.2) is 41.0 Å². The highest BCUT2D eigenvalue weighted by molar-refractivity contribution is 5.81. The van der Waals surface area contributed by atoms with Crippen molar-refractivity contribution in [3.63, 3.8) is 0 Å². The third kappa shape index (κ3) is 3.97. The summed E-state index contributed by atoms with van der Waals surface area (Å²) in [5.74, 6) is 0.472. The fourth-order valence-corrected chi connectivity index (χ4v) is 2.94. The number of aromatic nitrogens is 2. The van der Waals surface area contributed by atoms with E-state index in [0.717, 1.165) is 41.4 Å². The van der Waals surface area contributed by atoms with Crippen LogP contribution in [0.4, 0.5) is 10.2 Å². The second-order valence-corrected chi connectivity index (χ2v) is 6.17.